The molecule has 0 aliphatic heterocycles. The lowest BCUT2D eigenvalue weighted by atomic mass is 10.1. The number of aliphatic hydroxyl groups excluding tert-OH is 1. The summed E-state index contributed by atoms with van der Waals surface area (Å²) < 4.78 is 5.11. The quantitative estimate of drug-likeness (QED) is 0.674. The Morgan fingerprint density at radius 3 is 2.52 bits per heavy atom. The molecule has 0 fully saturated rings. The molecule has 6 heteroatoms. The van der Waals surface area contributed by atoms with Gasteiger partial charge < -0.3 is 20.2 Å². The number of hydrogen-bond donors (Lipinski definition) is 3. The molecule has 25 heavy (non-hydrogen) atoms. The van der Waals surface area contributed by atoms with Gasteiger partial charge in [-0.3, -0.25) is 9.59 Å². The molecule has 0 spiro atoms. The van der Waals surface area contributed by atoms with E-state index in [-0.39, 0.29) is 24.8 Å². The Balaban J connectivity index is 1.87. The minimum absolute atomic E-state index is 0.130. The summed E-state index contributed by atoms with van der Waals surface area (Å²) in [6.07, 6.45) is 4.71. The summed E-state index contributed by atoms with van der Waals surface area (Å²) in [6.45, 7) is 3.37. The van der Waals surface area contributed by atoms with E-state index in [1.807, 2.05) is 0 Å². The Kier molecular flexibility index (Phi) is 6.14. The Morgan fingerprint density at radius 2 is 1.92 bits per heavy atom. The molecule has 0 aliphatic rings. The highest BCUT2D eigenvalue weighted by Crippen LogP contribution is 2.11. The summed E-state index contributed by atoms with van der Waals surface area (Å²) in [5.41, 5.74) is 0.801. The Bertz CT molecular complexity index is 731. The van der Waals surface area contributed by atoms with Crippen molar-refractivity contribution < 1.29 is 19.1 Å². The molecule has 0 unspecified atom stereocenters. The Morgan fingerprint density at radius 1 is 1.20 bits per heavy atom. The van der Waals surface area contributed by atoms with Gasteiger partial charge in [-0.15, -0.1) is 0 Å². The van der Waals surface area contributed by atoms with E-state index in [0.717, 1.165) is 5.56 Å². The van der Waals surface area contributed by atoms with Crippen LogP contribution in [0.1, 0.15) is 25.2 Å². The summed E-state index contributed by atoms with van der Waals surface area (Å²) in [6, 6.07) is 10.5. The lowest BCUT2D eigenvalue weighted by molar-refractivity contribution is -0.122. The normalized spacial score (nSPS) is 11.5. The van der Waals surface area contributed by atoms with Crippen molar-refractivity contribution in [2.24, 2.45) is 0 Å². The fourth-order valence-electron chi connectivity index (χ4n) is 2.08. The second-order valence-electron chi connectivity index (χ2n) is 6.30. The SMILES string of the molecule is CC(C)(CO)NC(=O)Cc1ccc(NC(=O)/C=C/c2ccco2)cc1. The molecule has 0 saturated heterocycles. The molecule has 0 saturated carbocycles. The van der Waals surface area contributed by atoms with Crippen molar-refractivity contribution in [1.29, 1.82) is 0 Å². The summed E-state index contributed by atoms with van der Waals surface area (Å²) in [5, 5.41) is 14.7. The third-order valence-corrected chi connectivity index (χ3v) is 3.40. The van der Waals surface area contributed by atoms with Gasteiger partial charge in [-0.1, -0.05) is 12.1 Å². The second-order valence-corrected chi connectivity index (χ2v) is 6.30. The maximum absolute atomic E-state index is 11.9. The van der Waals surface area contributed by atoms with Crippen LogP contribution in [0.2, 0.25) is 0 Å². The van der Waals surface area contributed by atoms with Crippen molar-refractivity contribution in [3.63, 3.8) is 0 Å². The molecule has 132 valence electrons. The van der Waals surface area contributed by atoms with Crippen LogP contribution in [0.5, 0.6) is 0 Å². The number of rotatable bonds is 7. The molecular weight excluding hydrogens is 320 g/mol. The van der Waals surface area contributed by atoms with Crippen molar-refractivity contribution in [2.45, 2.75) is 25.8 Å². The Hall–Kier alpha value is -2.86. The number of benzene rings is 1. The number of carbonyl (C=O) groups excluding carboxylic acids is 2. The first-order chi connectivity index (χ1) is 11.9. The number of nitrogens with one attached hydrogen (secondary N) is 2. The lowest BCUT2D eigenvalue weighted by Gasteiger charge is -2.23. The number of amides is 2. The maximum Gasteiger partial charge on any atom is 0.248 e. The molecule has 6 nitrogen and oxygen atoms in total. The third kappa shape index (κ3) is 6.27. The number of furan rings is 1. The zero-order valence-electron chi connectivity index (χ0n) is 14.3. The van der Waals surface area contributed by atoms with Crippen molar-refractivity contribution in [3.8, 4) is 0 Å². The van der Waals surface area contributed by atoms with Crippen molar-refractivity contribution in [1.82, 2.24) is 5.32 Å². The summed E-state index contributed by atoms with van der Waals surface area (Å²) in [7, 11) is 0. The van der Waals surface area contributed by atoms with Crippen molar-refractivity contribution in [2.75, 3.05) is 11.9 Å². The average molecular weight is 342 g/mol. The van der Waals surface area contributed by atoms with Gasteiger partial charge in [-0.2, -0.15) is 0 Å². The molecule has 0 aliphatic carbocycles. The molecule has 0 radical (unpaired) electrons. The number of anilines is 1. The van der Waals surface area contributed by atoms with Crippen LogP contribution in [-0.2, 0) is 16.0 Å². The minimum atomic E-state index is -0.647. The van der Waals surface area contributed by atoms with E-state index in [1.165, 1.54) is 12.3 Å². The molecule has 2 amide bonds. The highest BCUT2D eigenvalue weighted by atomic mass is 16.3. The van der Waals surface area contributed by atoms with Gasteiger partial charge in [-0.25, -0.2) is 0 Å². The van der Waals surface area contributed by atoms with Crippen LogP contribution in [0.4, 0.5) is 5.69 Å². The number of aliphatic hydroxyl groups is 1. The van der Waals surface area contributed by atoms with Gasteiger partial charge in [0.1, 0.15) is 5.76 Å². The zero-order valence-corrected chi connectivity index (χ0v) is 14.3. The monoisotopic (exact) mass is 342 g/mol. The van der Waals surface area contributed by atoms with E-state index in [0.29, 0.717) is 11.4 Å². The standard InChI is InChI=1S/C19H22N2O4/c1-19(2,13-22)21-18(24)12-14-5-7-15(8-6-14)20-17(23)10-9-16-4-3-11-25-16/h3-11,22H,12-13H2,1-2H3,(H,20,23)(H,21,24)/b10-9+. The first-order valence-electron chi connectivity index (χ1n) is 7.91. The van der Waals surface area contributed by atoms with Crippen LogP contribution in [0.3, 0.4) is 0 Å². The van der Waals surface area contributed by atoms with E-state index in [1.54, 1.807) is 56.3 Å². The highest BCUT2D eigenvalue weighted by molar-refractivity contribution is 6.01. The van der Waals surface area contributed by atoms with Crippen LogP contribution in [0.15, 0.2) is 53.2 Å². The molecule has 2 rings (SSSR count). The maximum atomic E-state index is 11.9. The summed E-state index contributed by atoms with van der Waals surface area (Å²) in [5.74, 6) is 0.158. The molecular formula is C19H22N2O4. The predicted molar refractivity (Wildman–Crippen MR) is 95.8 cm³/mol. The zero-order chi connectivity index (χ0) is 18.3. The smallest absolute Gasteiger partial charge is 0.248 e. The fourth-order valence-corrected chi connectivity index (χ4v) is 2.08. The van der Waals surface area contributed by atoms with Crippen molar-refractivity contribution >= 4 is 23.6 Å². The van der Waals surface area contributed by atoms with Crippen LogP contribution >= 0.6 is 0 Å². The second kappa shape index (κ2) is 8.30. The van der Waals surface area contributed by atoms with Gasteiger partial charge in [0.2, 0.25) is 11.8 Å². The van der Waals surface area contributed by atoms with Crippen LogP contribution in [-0.4, -0.2) is 29.1 Å². The molecule has 1 aromatic heterocycles. The Labute approximate surface area is 146 Å². The molecule has 0 bridgehead atoms. The molecule has 0 atom stereocenters. The first-order valence-corrected chi connectivity index (χ1v) is 7.91. The van der Waals surface area contributed by atoms with E-state index in [9.17, 15) is 9.59 Å². The number of hydrogen-bond acceptors (Lipinski definition) is 4. The van der Waals surface area contributed by atoms with Gasteiger partial charge in [0.05, 0.1) is 24.8 Å². The van der Waals surface area contributed by atoms with Gasteiger partial charge in [-0.05, 0) is 49.8 Å². The molecule has 2 aromatic rings. The van der Waals surface area contributed by atoms with Gasteiger partial charge in [0.25, 0.3) is 0 Å². The van der Waals surface area contributed by atoms with Gasteiger partial charge in [0, 0.05) is 11.8 Å². The van der Waals surface area contributed by atoms with E-state index < -0.39 is 5.54 Å². The fraction of sp³-hybridized carbons (Fsp3) is 0.263. The summed E-state index contributed by atoms with van der Waals surface area (Å²) in [4.78, 5) is 23.8. The molecule has 1 heterocycles. The van der Waals surface area contributed by atoms with Gasteiger partial charge in [0.15, 0.2) is 0 Å². The third-order valence-electron chi connectivity index (χ3n) is 3.40. The van der Waals surface area contributed by atoms with Crippen LogP contribution in [0.25, 0.3) is 6.08 Å². The van der Waals surface area contributed by atoms with E-state index >= 15 is 0 Å². The van der Waals surface area contributed by atoms with Crippen LogP contribution < -0.4 is 10.6 Å². The summed E-state index contributed by atoms with van der Waals surface area (Å²) >= 11 is 0. The van der Waals surface area contributed by atoms with E-state index in [4.69, 9.17) is 9.52 Å². The highest BCUT2D eigenvalue weighted by Gasteiger charge is 2.18. The van der Waals surface area contributed by atoms with E-state index in [2.05, 4.69) is 10.6 Å². The topological polar surface area (TPSA) is 91.6 Å². The van der Waals surface area contributed by atoms with Crippen molar-refractivity contribution in [3.05, 3.63) is 60.1 Å². The molecule has 3 N–H and O–H groups in total. The largest absolute Gasteiger partial charge is 0.465 e. The number of carbonyl (C=O) groups is 2. The average Bonchev–Trinajstić information content (AvgIpc) is 3.08. The minimum Gasteiger partial charge on any atom is -0.465 e. The van der Waals surface area contributed by atoms with Gasteiger partial charge >= 0.3 is 0 Å². The first kappa shape index (κ1) is 18.5. The predicted octanol–water partition coefficient (Wildman–Crippen LogP) is 2.36. The molecule has 1 aromatic carbocycles. The lowest BCUT2D eigenvalue weighted by Crippen LogP contribution is -2.46. The van der Waals surface area contributed by atoms with Crippen LogP contribution in [0, 0.1) is 0 Å².